The number of hydrogen-bond acceptors (Lipinski definition) is 2. The maximum Gasteiger partial charge on any atom is 0.337 e. The van der Waals surface area contributed by atoms with Gasteiger partial charge in [0.2, 0.25) is 0 Å². The minimum Gasteiger partial charge on any atom is -0.478 e. The molecule has 1 aromatic rings. The third-order valence-electron chi connectivity index (χ3n) is 1.01. The largest absolute Gasteiger partial charge is 0.478 e. The van der Waals surface area contributed by atoms with Gasteiger partial charge >= 0.3 is 5.97 Å². The molecule has 0 fully saturated rings. The van der Waals surface area contributed by atoms with E-state index in [1.165, 1.54) is 0 Å². The zero-order valence-electron chi connectivity index (χ0n) is 8.96. The van der Waals surface area contributed by atoms with E-state index in [2.05, 4.69) is 0 Å². The maximum absolute atomic E-state index is 10.7. The van der Waals surface area contributed by atoms with Crippen LogP contribution in [0.5, 0.6) is 0 Å². The summed E-state index contributed by atoms with van der Waals surface area (Å²) in [6, 6.07) is 1.61. The van der Waals surface area contributed by atoms with E-state index in [-0.39, 0.29) is 17.3 Å². The Labute approximate surface area is 63.8 Å². The van der Waals surface area contributed by atoms with Gasteiger partial charge in [-0.2, -0.15) is 0 Å². The van der Waals surface area contributed by atoms with Crippen molar-refractivity contribution < 1.29 is 15.5 Å². The Balaban J connectivity index is 3.45. The lowest BCUT2D eigenvalue weighted by Crippen LogP contribution is -2.00. The minimum absolute atomic E-state index is 0.0316. The third kappa shape index (κ3) is 1.07. The fraction of sp³-hybridized carbons (Fsp3) is 0. The summed E-state index contributed by atoms with van der Waals surface area (Å²) in [5.74, 6) is -1.32. The lowest BCUT2D eigenvalue weighted by molar-refractivity contribution is 0.0698. The molecule has 0 aliphatic rings. The Kier molecular flexibility index (Phi) is 0.730. The first-order valence-electron chi connectivity index (χ1n) is 4.46. The summed E-state index contributed by atoms with van der Waals surface area (Å²) in [7, 11) is 0. The molecule has 10 heavy (non-hydrogen) atoms. The van der Waals surface area contributed by atoms with Gasteiger partial charge in [0, 0.05) is 5.69 Å². The lowest BCUT2D eigenvalue weighted by Gasteiger charge is -1.96. The van der Waals surface area contributed by atoms with Gasteiger partial charge in [0.1, 0.15) is 0 Å². The molecule has 0 aliphatic heterocycles. The summed E-state index contributed by atoms with van der Waals surface area (Å²) in [5.41, 5.74) is -0.690. The standard InChI is InChI=1S/C7H7NO2/c8-6-4-2-1-3-5(6)7(9)10/h1-4H,8H2,(H,9,10)/i2D,4D/hD2. The van der Waals surface area contributed by atoms with Crippen LogP contribution in [-0.4, -0.2) is 11.1 Å². The molecule has 0 atom stereocenters. The Morgan fingerprint density at radius 3 is 3.30 bits per heavy atom. The molecule has 52 valence electrons. The van der Waals surface area contributed by atoms with Gasteiger partial charge < -0.3 is 10.8 Å². The van der Waals surface area contributed by atoms with E-state index in [4.69, 9.17) is 10.7 Å². The van der Waals surface area contributed by atoms with Crippen LogP contribution in [0.3, 0.4) is 0 Å². The van der Waals surface area contributed by atoms with E-state index in [9.17, 15) is 4.79 Å². The van der Waals surface area contributed by atoms with Crippen molar-refractivity contribution in [3.8, 4) is 0 Å². The second kappa shape index (κ2) is 2.39. The fourth-order valence-corrected chi connectivity index (χ4v) is 0.554. The molecule has 0 bridgehead atoms. The zero-order valence-corrected chi connectivity index (χ0v) is 4.96. The number of carbonyl (C=O) groups is 1. The molecule has 0 aromatic heterocycles. The average Bonchev–Trinajstić information content (AvgIpc) is 2.08. The van der Waals surface area contributed by atoms with Crippen LogP contribution in [-0.2, 0) is 0 Å². The molecule has 0 aliphatic carbocycles. The minimum atomic E-state index is -1.32. The van der Waals surface area contributed by atoms with Gasteiger partial charge in [-0.05, 0) is 12.1 Å². The van der Waals surface area contributed by atoms with E-state index in [1.54, 1.807) is 0 Å². The van der Waals surface area contributed by atoms with Crippen molar-refractivity contribution >= 4 is 11.7 Å². The van der Waals surface area contributed by atoms with Gasteiger partial charge in [0.25, 0.3) is 0 Å². The molecular weight excluding hydrogens is 130 g/mol. The van der Waals surface area contributed by atoms with Crippen LogP contribution in [0.4, 0.5) is 5.69 Å². The SMILES string of the molecule is [2H]c1ccc(C(=O)O)c(N([2H])[2H])c1[2H]. The predicted octanol–water partition coefficient (Wildman–Crippen LogP) is 0.967. The topological polar surface area (TPSA) is 63.3 Å². The molecule has 0 saturated carbocycles. The summed E-state index contributed by atoms with van der Waals surface area (Å²) in [6.07, 6.45) is 0. The number of rotatable bonds is 2. The smallest absolute Gasteiger partial charge is 0.337 e. The Bertz CT molecular complexity index is 380. The molecule has 0 unspecified atom stereocenters. The highest BCUT2D eigenvalue weighted by Crippen LogP contribution is 2.08. The Morgan fingerprint density at radius 2 is 2.70 bits per heavy atom. The number of carboxylic acids is 1. The summed E-state index contributed by atoms with van der Waals surface area (Å²) in [4.78, 5) is 10.7. The second-order valence-corrected chi connectivity index (χ2v) is 1.67. The third-order valence-corrected chi connectivity index (χ3v) is 1.01. The van der Waals surface area contributed by atoms with Crippen LogP contribution in [0.1, 0.15) is 13.1 Å². The number of carboxylic acid groups (broad SMARTS) is 1. The first-order chi connectivity index (χ1) is 6.45. The first kappa shape index (κ1) is 3.05. The van der Waals surface area contributed by atoms with E-state index < -0.39 is 17.7 Å². The number of hydrogen-bond donors (Lipinski definition) is 2. The fourth-order valence-electron chi connectivity index (χ4n) is 0.554. The molecule has 0 amide bonds. The van der Waals surface area contributed by atoms with Gasteiger partial charge in [0.15, 0.2) is 2.82 Å². The highest BCUT2D eigenvalue weighted by molar-refractivity contribution is 5.93. The van der Waals surface area contributed by atoms with Crippen LogP contribution in [0.25, 0.3) is 0 Å². The molecule has 3 heteroatoms. The summed E-state index contributed by atoms with van der Waals surface area (Å²) in [5, 5.41) is 8.69. The van der Waals surface area contributed by atoms with Crippen LogP contribution in [0.2, 0.25) is 2.82 Å². The number of benzene rings is 1. The molecule has 1 aromatic carbocycles. The van der Waals surface area contributed by atoms with Gasteiger partial charge in [0.05, 0.1) is 8.30 Å². The van der Waals surface area contributed by atoms with E-state index >= 15 is 0 Å². The molecule has 3 N–H and O–H groups in total. The average molecular weight is 141 g/mol. The Morgan fingerprint density at radius 1 is 1.90 bits per heavy atom. The highest BCUT2D eigenvalue weighted by atomic mass is 16.4. The summed E-state index contributed by atoms with van der Waals surface area (Å²) >= 11 is 0. The number of para-hydroxylation sites is 1. The lowest BCUT2D eigenvalue weighted by atomic mass is 10.2. The van der Waals surface area contributed by atoms with Crippen molar-refractivity contribution in [1.29, 1.82) is 0 Å². The zero-order chi connectivity index (χ0) is 10.9. The molecule has 0 saturated heterocycles. The van der Waals surface area contributed by atoms with Crippen molar-refractivity contribution in [2.75, 3.05) is 5.72 Å². The highest BCUT2D eigenvalue weighted by Gasteiger charge is 2.03. The van der Waals surface area contributed by atoms with Crippen molar-refractivity contribution in [1.82, 2.24) is 0 Å². The first-order valence-corrected chi connectivity index (χ1v) is 2.56. The monoisotopic (exact) mass is 141 g/mol. The van der Waals surface area contributed by atoms with E-state index in [0.29, 0.717) is 0 Å². The van der Waals surface area contributed by atoms with Crippen LogP contribution < -0.4 is 5.72 Å². The van der Waals surface area contributed by atoms with E-state index in [0.717, 1.165) is 12.1 Å². The predicted molar refractivity (Wildman–Crippen MR) is 37.8 cm³/mol. The molecule has 0 heterocycles. The summed E-state index contributed by atoms with van der Waals surface area (Å²) in [6.45, 7) is 0. The normalized spacial score (nSPS) is 14.4. The number of nitrogens with two attached hydrogens (primary N) is 1. The van der Waals surface area contributed by atoms with Gasteiger partial charge in [-0.25, -0.2) is 4.79 Å². The van der Waals surface area contributed by atoms with Crippen molar-refractivity contribution in [2.45, 2.75) is 0 Å². The number of anilines is 1. The quantitative estimate of drug-likeness (QED) is 0.603. The van der Waals surface area contributed by atoms with E-state index in [1.807, 2.05) is 0 Å². The van der Waals surface area contributed by atoms with Crippen molar-refractivity contribution in [3.05, 3.63) is 29.8 Å². The number of aromatic carboxylic acids is 1. The maximum atomic E-state index is 10.7. The number of nitrogen functional groups attached to an aromatic ring is 1. The molecule has 1 rings (SSSR count). The molecule has 0 radical (unpaired) electrons. The van der Waals surface area contributed by atoms with Crippen LogP contribution >= 0.6 is 0 Å². The van der Waals surface area contributed by atoms with Gasteiger partial charge in [-0.15, -0.1) is 0 Å². The van der Waals surface area contributed by atoms with Crippen LogP contribution in [0.15, 0.2) is 24.2 Å². The van der Waals surface area contributed by atoms with Gasteiger partial charge in [-0.1, -0.05) is 12.1 Å². The second-order valence-electron chi connectivity index (χ2n) is 1.67. The Hall–Kier alpha value is -1.51. The molecule has 0 spiro atoms. The van der Waals surface area contributed by atoms with Gasteiger partial charge in [-0.3, -0.25) is 0 Å². The van der Waals surface area contributed by atoms with Crippen molar-refractivity contribution in [2.24, 2.45) is 0 Å². The van der Waals surface area contributed by atoms with Crippen LogP contribution in [0, 0.1) is 0 Å². The summed E-state index contributed by atoms with van der Waals surface area (Å²) < 4.78 is 28.4. The molecular formula is C7H7NO2. The van der Waals surface area contributed by atoms with Crippen molar-refractivity contribution in [3.63, 3.8) is 0 Å². The molecule has 3 nitrogen and oxygen atoms in total.